The number of carbonyl (C=O) groups is 2. The number of halogens is 2. The van der Waals surface area contributed by atoms with E-state index in [9.17, 15) is 9.59 Å². The van der Waals surface area contributed by atoms with Crippen LogP contribution in [0, 0.1) is 0 Å². The zero-order valence-corrected chi connectivity index (χ0v) is 14.7. The number of carbonyl (C=O) groups excluding carboxylic acids is 2. The average Bonchev–Trinajstić information content (AvgIpc) is 2.60. The number of esters is 2. The molecule has 1 aromatic rings. The summed E-state index contributed by atoms with van der Waals surface area (Å²) in [6, 6.07) is 3.01. The summed E-state index contributed by atoms with van der Waals surface area (Å²) in [6.45, 7) is -0.106. The molecule has 7 nitrogen and oxygen atoms in total. The largest absolute Gasteiger partial charge is 0.495 e. The van der Waals surface area contributed by atoms with E-state index < -0.39 is 11.9 Å². The van der Waals surface area contributed by atoms with E-state index in [1.165, 1.54) is 38.4 Å². The number of hydrogen-bond acceptors (Lipinski definition) is 7. The molecule has 9 heteroatoms. The van der Waals surface area contributed by atoms with Gasteiger partial charge in [-0.2, -0.15) is 0 Å². The van der Waals surface area contributed by atoms with Crippen molar-refractivity contribution >= 4 is 40.8 Å². The summed E-state index contributed by atoms with van der Waals surface area (Å²) in [4.78, 5) is 25.6. The van der Waals surface area contributed by atoms with Gasteiger partial charge in [0.05, 0.1) is 49.2 Å². The van der Waals surface area contributed by atoms with Crippen molar-refractivity contribution in [1.82, 2.24) is 0 Å². The number of methoxy groups -OCH3 is 3. The van der Waals surface area contributed by atoms with Crippen LogP contribution in [0.1, 0.15) is 0 Å². The first-order valence-electron chi connectivity index (χ1n) is 6.72. The van der Waals surface area contributed by atoms with Crippen LogP contribution >= 0.6 is 23.2 Å². The van der Waals surface area contributed by atoms with Crippen LogP contribution in [0.2, 0.25) is 10.0 Å². The Labute approximate surface area is 148 Å². The fourth-order valence-corrected chi connectivity index (χ4v) is 2.78. The third kappa shape index (κ3) is 3.43. The third-order valence-corrected chi connectivity index (χ3v) is 3.94. The van der Waals surface area contributed by atoms with Gasteiger partial charge < -0.3 is 23.8 Å². The molecule has 1 aromatic carbocycles. The topological polar surface area (TPSA) is 74.3 Å². The van der Waals surface area contributed by atoms with Gasteiger partial charge >= 0.3 is 11.9 Å². The predicted octanol–water partition coefficient (Wildman–Crippen LogP) is 2.40. The summed E-state index contributed by atoms with van der Waals surface area (Å²) in [5.41, 5.74) is 0.391. The van der Waals surface area contributed by atoms with Gasteiger partial charge in [0.2, 0.25) is 0 Å². The molecule has 0 fully saturated rings. The lowest BCUT2D eigenvalue weighted by molar-refractivity contribution is -0.140. The highest BCUT2D eigenvalue weighted by Crippen LogP contribution is 2.39. The molecule has 0 saturated heterocycles. The molecular formula is C15H15Cl2NO6. The molecule has 24 heavy (non-hydrogen) atoms. The summed E-state index contributed by atoms with van der Waals surface area (Å²) < 4.78 is 20.0. The Bertz CT molecular complexity index is 703. The van der Waals surface area contributed by atoms with E-state index in [0.717, 1.165) is 0 Å². The Balaban J connectivity index is 2.63. The Morgan fingerprint density at radius 2 is 1.75 bits per heavy atom. The monoisotopic (exact) mass is 375 g/mol. The molecule has 0 bridgehead atoms. The number of benzene rings is 1. The van der Waals surface area contributed by atoms with Gasteiger partial charge in [-0.15, -0.1) is 0 Å². The van der Waals surface area contributed by atoms with Crippen LogP contribution in [0.15, 0.2) is 23.4 Å². The van der Waals surface area contributed by atoms with Crippen LogP contribution in [0.25, 0.3) is 0 Å². The summed E-state index contributed by atoms with van der Waals surface area (Å²) in [5, 5.41) is 0.554. The molecule has 130 valence electrons. The standard InChI is InChI=1S/C15H15Cl2NO6/c1-21-12-5-11(9(16)4-10(12)17)18-7-24-6-8(14(19)22-2)13(18)15(20)23-3/h4-5H,6-7H2,1-3H3. The third-order valence-electron chi connectivity index (χ3n) is 3.35. The maximum atomic E-state index is 12.2. The molecule has 0 radical (unpaired) electrons. The molecule has 1 aliphatic rings. The van der Waals surface area contributed by atoms with Gasteiger partial charge in [-0.3, -0.25) is 0 Å². The van der Waals surface area contributed by atoms with Crippen molar-refractivity contribution in [3.63, 3.8) is 0 Å². The molecule has 0 spiro atoms. The summed E-state index contributed by atoms with van der Waals surface area (Å²) >= 11 is 12.3. The summed E-state index contributed by atoms with van der Waals surface area (Å²) in [7, 11) is 3.87. The minimum atomic E-state index is -0.719. The maximum absolute atomic E-state index is 12.2. The predicted molar refractivity (Wildman–Crippen MR) is 87.4 cm³/mol. The van der Waals surface area contributed by atoms with Crippen LogP contribution < -0.4 is 9.64 Å². The first kappa shape index (κ1) is 18.4. The Morgan fingerprint density at radius 3 is 2.33 bits per heavy atom. The van der Waals surface area contributed by atoms with Gasteiger partial charge in [-0.05, 0) is 6.07 Å². The van der Waals surface area contributed by atoms with Crippen molar-refractivity contribution in [2.75, 3.05) is 39.6 Å². The summed E-state index contributed by atoms with van der Waals surface area (Å²) in [5.74, 6) is -1.06. The van der Waals surface area contributed by atoms with Gasteiger partial charge in [-0.25, -0.2) is 9.59 Å². The molecule has 1 heterocycles. The van der Waals surface area contributed by atoms with Crippen molar-refractivity contribution in [3.8, 4) is 5.75 Å². The smallest absolute Gasteiger partial charge is 0.355 e. The van der Waals surface area contributed by atoms with Crippen molar-refractivity contribution in [2.45, 2.75) is 0 Å². The molecule has 0 aliphatic carbocycles. The first-order valence-corrected chi connectivity index (χ1v) is 7.48. The Kier molecular flexibility index (Phi) is 5.93. The van der Waals surface area contributed by atoms with E-state index in [4.69, 9.17) is 42.1 Å². The van der Waals surface area contributed by atoms with Gasteiger partial charge in [0, 0.05) is 6.07 Å². The van der Waals surface area contributed by atoms with Gasteiger partial charge in [0.15, 0.2) is 0 Å². The van der Waals surface area contributed by atoms with E-state index in [1.54, 1.807) is 0 Å². The van der Waals surface area contributed by atoms with Crippen LogP contribution in [0.5, 0.6) is 5.75 Å². The van der Waals surface area contributed by atoms with Crippen molar-refractivity contribution in [1.29, 1.82) is 0 Å². The average molecular weight is 376 g/mol. The zero-order valence-electron chi connectivity index (χ0n) is 13.2. The maximum Gasteiger partial charge on any atom is 0.355 e. The second-order valence-corrected chi connectivity index (χ2v) is 5.47. The van der Waals surface area contributed by atoms with E-state index >= 15 is 0 Å². The molecule has 0 saturated carbocycles. The number of anilines is 1. The van der Waals surface area contributed by atoms with Crippen LogP contribution in [-0.4, -0.2) is 46.6 Å². The zero-order chi connectivity index (χ0) is 17.9. The Hall–Kier alpha value is -1.96. The lowest BCUT2D eigenvalue weighted by atomic mass is 10.1. The Morgan fingerprint density at radius 1 is 1.08 bits per heavy atom. The van der Waals surface area contributed by atoms with E-state index in [1.807, 2.05) is 0 Å². The molecule has 0 N–H and O–H groups in total. The minimum Gasteiger partial charge on any atom is -0.495 e. The summed E-state index contributed by atoms with van der Waals surface area (Å²) in [6.07, 6.45) is 0. The first-order chi connectivity index (χ1) is 11.4. The molecule has 0 atom stereocenters. The fourth-order valence-electron chi connectivity index (χ4n) is 2.22. The second kappa shape index (κ2) is 7.74. The number of nitrogens with zero attached hydrogens (tertiary/aromatic N) is 1. The molecule has 0 amide bonds. The SMILES string of the molecule is COC(=O)C1=C(C(=O)OC)N(c2cc(OC)c(Cl)cc2Cl)COC1. The quantitative estimate of drug-likeness (QED) is 0.747. The second-order valence-electron chi connectivity index (χ2n) is 4.65. The van der Waals surface area contributed by atoms with Gasteiger partial charge in [0.1, 0.15) is 18.2 Å². The molecule has 0 unspecified atom stereocenters. The molecule has 1 aliphatic heterocycles. The van der Waals surface area contributed by atoms with Crippen LogP contribution in [0.4, 0.5) is 5.69 Å². The highest BCUT2D eigenvalue weighted by Gasteiger charge is 2.33. The lowest BCUT2D eigenvalue weighted by Gasteiger charge is -2.32. The normalized spacial score (nSPS) is 14.5. The highest BCUT2D eigenvalue weighted by atomic mass is 35.5. The fraction of sp³-hybridized carbons (Fsp3) is 0.333. The number of rotatable bonds is 4. The van der Waals surface area contributed by atoms with Gasteiger partial charge in [0.25, 0.3) is 0 Å². The number of hydrogen-bond donors (Lipinski definition) is 0. The van der Waals surface area contributed by atoms with Crippen molar-refractivity contribution < 1.29 is 28.5 Å². The van der Waals surface area contributed by atoms with Gasteiger partial charge in [-0.1, -0.05) is 23.2 Å². The highest BCUT2D eigenvalue weighted by molar-refractivity contribution is 6.37. The lowest BCUT2D eigenvalue weighted by Crippen LogP contribution is -2.39. The number of ether oxygens (including phenoxy) is 4. The van der Waals surface area contributed by atoms with E-state index in [0.29, 0.717) is 16.5 Å². The van der Waals surface area contributed by atoms with E-state index in [-0.39, 0.29) is 29.6 Å². The molecule has 0 aromatic heterocycles. The molecular weight excluding hydrogens is 361 g/mol. The van der Waals surface area contributed by atoms with E-state index in [2.05, 4.69) is 0 Å². The molecule has 2 rings (SSSR count). The minimum absolute atomic E-state index is 0.0122. The van der Waals surface area contributed by atoms with Crippen LogP contribution in [0.3, 0.4) is 0 Å². The van der Waals surface area contributed by atoms with Crippen molar-refractivity contribution in [3.05, 3.63) is 33.4 Å². The van der Waals surface area contributed by atoms with Crippen LogP contribution in [-0.2, 0) is 23.8 Å². The van der Waals surface area contributed by atoms with Crippen molar-refractivity contribution in [2.24, 2.45) is 0 Å².